The fourth-order valence-corrected chi connectivity index (χ4v) is 3.28. The number of carbonyl (C=O) groups excluding carboxylic acids is 1. The average molecular weight is 395 g/mol. The lowest BCUT2D eigenvalue weighted by atomic mass is 10.2. The highest BCUT2D eigenvalue weighted by Crippen LogP contribution is 2.40. The van der Waals surface area contributed by atoms with E-state index in [1.807, 2.05) is 61.5 Å². The molecule has 1 heterocycles. The number of hydrogen-bond acceptors (Lipinski definition) is 6. The monoisotopic (exact) mass is 395 g/mol. The molecule has 1 amide bonds. The van der Waals surface area contributed by atoms with Crippen LogP contribution in [0.25, 0.3) is 0 Å². The van der Waals surface area contributed by atoms with Gasteiger partial charge in [-0.05, 0) is 49.6 Å². The molecule has 1 fully saturated rings. The van der Waals surface area contributed by atoms with Crippen LogP contribution in [-0.2, 0) is 11.4 Å². The molecular weight excluding hydrogens is 374 g/mol. The molecule has 1 saturated carbocycles. The van der Waals surface area contributed by atoms with Crippen LogP contribution in [0.1, 0.15) is 37.1 Å². The van der Waals surface area contributed by atoms with Gasteiger partial charge in [-0.2, -0.15) is 0 Å². The minimum atomic E-state index is -0.346. The quantitative estimate of drug-likeness (QED) is 0.560. The number of amides is 1. The first-order valence-electron chi connectivity index (χ1n) is 9.25. The van der Waals surface area contributed by atoms with Crippen LogP contribution < -0.4 is 10.1 Å². The first-order chi connectivity index (χ1) is 13.7. The normalized spacial score (nSPS) is 14.5. The first-order valence-corrected chi connectivity index (χ1v) is 10.1. The Hall–Kier alpha value is -2.80. The summed E-state index contributed by atoms with van der Waals surface area (Å²) in [5, 5.41) is 11.0. The largest absolute Gasteiger partial charge is 0.489 e. The predicted octanol–water partition coefficient (Wildman–Crippen LogP) is 4.65. The highest BCUT2D eigenvalue weighted by molar-refractivity contribution is 8.00. The second-order valence-electron chi connectivity index (χ2n) is 6.73. The highest BCUT2D eigenvalue weighted by atomic mass is 32.2. The Labute approximate surface area is 167 Å². The topological polar surface area (TPSA) is 77.2 Å². The molecule has 6 nitrogen and oxygen atoms in total. The molecular formula is C21H21N3O3S. The van der Waals surface area contributed by atoms with Crippen LogP contribution in [0, 0.1) is 0 Å². The summed E-state index contributed by atoms with van der Waals surface area (Å²) in [7, 11) is 0. The van der Waals surface area contributed by atoms with E-state index in [4.69, 9.17) is 9.15 Å². The van der Waals surface area contributed by atoms with Crippen LogP contribution in [0.3, 0.4) is 0 Å². The zero-order valence-corrected chi connectivity index (χ0v) is 16.3. The number of rotatable bonds is 8. The fraction of sp³-hybridized carbons (Fsp3) is 0.286. The maximum absolute atomic E-state index is 12.4. The zero-order chi connectivity index (χ0) is 19.3. The standard InChI is InChI=1S/C21H21N3O3S/c1-14(28-21-24-23-20(27-21)16-7-8-16)19(25)22-17-9-11-18(12-10-17)26-13-15-5-3-2-4-6-15/h2-6,9-12,14,16H,7-8,13H2,1H3,(H,22,25). The molecule has 0 aliphatic heterocycles. The number of hydrogen-bond donors (Lipinski definition) is 1. The summed E-state index contributed by atoms with van der Waals surface area (Å²) in [6.07, 6.45) is 2.21. The van der Waals surface area contributed by atoms with Crippen molar-refractivity contribution in [2.24, 2.45) is 0 Å². The summed E-state index contributed by atoms with van der Waals surface area (Å²) in [6, 6.07) is 17.3. The van der Waals surface area contributed by atoms with Crippen molar-refractivity contribution in [3.63, 3.8) is 0 Å². The van der Waals surface area contributed by atoms with E-state index in [2.05, 4.69) is 15.5 Å². The minimum absolute atomic E-state index is 0.117. The van der Waals surface area contributed by atoms with E-state index in [1.54, 1.807) is 0 Å². The highest BCUT2D eigenvalue weighted by Gasteiger charge is 2.30. The number of nitrogens with zero attached hydrogens (tertiary/aromatic N) is 2. The van der Waals surface area contributed by atoms with E-state index in [-0.39, 0.29) is 11.2 Å². The molecule has 144 valence electrons. The van der Waals surface area contributed by atoms with Gasteiger partial charge in [-0.15, -0.1) is 10.2 Å². The smallest absolute Gasteiger partial charge is 0.277 e. The predicted molar refractivity (Wildman–Crippen MR) is 107 cm³/mol. The molecule has 4 rings (SSSR count). The Morgan fingerprint density at radius 2 is 1.93 bits per heavy atom. The summed E-state index contributed by atoms with van der Waals surface area (Å²) < 4.78 is 11.4. The van der Waals surface area contributed by atoms with E-state index in [0.29, 0.717) is 29.3 Å². The van der Waals surface area contributed by atoms with Crippen molar-refractivity contribution in [1.29, 1.82) is 0 Å². The summed E-state index contributed by atoms with van der Waals surface area (Å²) in [6.45, 7) is 2.32. The maximum Gasteiger partial charge on any atom is 0.277 e. The van der Waals surface area contributed by atoms with Gasteiger partial charge in [0.2, 0.25) is 11.8 Å². The Bertz CT molecular complexity index is 924. The second kappa shape index (κ2) is 8.48. The van der Waals surface area contributed by atoms with Crippen LogP contribution in [0.5, 0.6) is 5.75 Å². The van der Waals surface area contributed by atoms with E-state index in [0.717, 1.165) is 24.2 Å². The molecule has 1 aromatic heterocycles. The van der Waals surface area contributed by atoms with Crippen molar-refractivity contribution in [3.05, 3.63) is 66.1 Å². The van der Waals surface area contributed by atoms with Crippen LogP contribution >= 0.6 is 11.8 Å². The van der Waals surface area contributed by atoms with E-state index in [1.165, 1.54) is 11.8 Å². The molecule has 28 heavy (non-hydrogen) atoms. The summed E-state index contributed by atoms with van der Waals surface area (Å²) >= 11 is 1.27. The Morgan fingerprint density at radius 1 is 1.18 bits per heavy atom. The molecule has 0 bridgehead atoms. The SMILES string of the molecule is CC(Sc1nnc(C2CC2)o1)C(=O)Nc1ccc(OCc2ccccc2)cc1. The molecule has 2 aromatic carbocycles. The average Bonchev–Trinajstić information content (AvgIpc) is 3.47. The third-order valence-corrected chi connectivity index (χ3v) is 5.30. The van der Waals surface area contributed by atoms with Crippen LogP contribution in [-0.4, -0.2) is 21.4 Å². The number of aromatic nitrogens is 2. The van der Waals surface area contributed by atoms with Gasteiger partial charge in [0.25, 0.3) is 5.22 Å². The molecule has 1 atom stereocenters. The van der Waals surface area contributed by atoms with Gasteiger partial charge in [-0.3, -0.25) is 4.79 Å². The number of ether oxygens (including phenoxy) is 1. The van der Waals surface area contributed by atoms with Crippen LogP contribution in [0.15, 0.2) is 64.2 Å². The van der Waals surface area contributed by atoms with Crippen molar-refractivity contribution in [2.45, 2.75) is 42.8 Å². The summed E-state index contributed by atoms with van der Waals surface area (Å²) in [4.78, 5) is 12.4. The van der Waals surface area contributed by atoms with E-state index < -0.39 is 0 Å². The number of carbonyl (C=O) groups is 1. The third kappa shape index (κ3) is 4.92. The number of anilines is 1. The van der Waals surface area contributed by atoms with Crippen LogP contribution in [0.4, 0.5) is 5.69 Å². The molecule has 1 aliphatic carbocycles. The Balaban J connectivity index is 1.27. The first kappa shape index (κ1) is 18.6. The van der Waals surface area contributed by atoms with Gasteiger partial charge in [0.05, 0.1) is 5.25 Å². The maximum atomic E-state index is 12.4. The lowest BCUT2D eigenvalue weighted by Gasteiger charge is -2.11. The van der Waals surface area contributed by atoms with Gasteiger partial charge < -0.3 is 14.5 Å². The third-order valence-electron chi connectivity index (χ3n) is 4.37. The molecule has 1 N–H and O–H groups in total. The molecule has 3 aromatic rings. The number of benzene rings is 2. The lowest BCUT2D eigenvalue weighted by molar-refractivity contribution is -0.115. The van der Waals surface area contributed by atoms with Gasteiger partial charge in [0.1, 0.15) is 12.4 Å². The fourth-order valence-electron chi connectivity index (χ4n) is 2.59. The van der Waals surface area contributed by atoms with Gasteiger partial charge >= 0.3 is 0 Å². The Kier molecular flexibility index (Phi) is 5.62. The summed E-state index contributed by atoms with van der Waals surface area (Å²) in [5.74, 6) is 1.73. The molecule has 1 unspecified atom stereocenters. The van der Waals surface area contributed by atoms with Gasteiger partial charge in [-0.1, -0.05) is 42.1 Å². The molecule has 0 radical (unpaired) electrons. The van der Waals surface area contributed by atoms with Gasteiger partial charge in [-0.25, -0.2) is 0 Å². The summed E-state index contributed by atoms with van der Waals surface area (Å²) in [5.41, 5.74) is 1.82. The lowest BCUT2D eigenvalue weighted by Crippen LogP contribution is -2.22. The van der Waals surface area contributed by atoms with E-state index >= 15 is 0 Å². The van der Waals surface area contributed by atoms with E-state index in [9.17, 15) is 4.79 Å². The van der Waals surface area contributed by atoms with Crippen molar-refractivity contribution in [3.8, 4) is 5.75 Å². The number of nitrogens with one attached hydrogen (secondary N) is 1. The van der Waals surface area contributed by atoms with Crippen molar-refractivity contribution in [2.75, 3.05) is 5.32 Å². The molecule has 1 aliphatic rings. The second-order valence-corrected chi connectivity index (χ2v) is 8.02. The molecule has 7 heteroatoms. The minimum Gasteiger partial charge on any atom is -0.489 e. The van der Waals surface area contributed by atoms with Crippen molar-refractivity contribution >= 4 is 23.4 Å². The molecule has 0 saturated heterocycles. The number of thioether (sulfide) groups is 1. The van der Waals surface area contributed by atoms with Crippen LogP contribution in [0.2, 0.25) is 0 Å². The Morgan fingerprint density at radius 3 is 2.64 bits per heavy atom. The van der Waals surface area contributed by atoms with Gasteiger partial charge in [0.15, 0.2) is 0 Å². The van der Waals surface area contributed by atoms with Crippen molar-refractivity contribution < 1.29 is 13.9 Å². The van der Waals surface area contributed by atoms with Gasteiger partial charge in [0, 0.05) is 11.6 Å². The molecule has 0 spiro atoms. The zero-order valence-electron chi connectivity index (χ0n) is 15.5. The van der Waals surface area contributed by atoms with Crippen molar-refractivity contribution in [1.82, 2.24) is 10.2 Å².